The lowest BCUT2D eigenvalue weighted by Crippen LogP contribution is -2.50. The molecule has 1 N–H and O–H groups in total. The molecule has 13 heavy (non-hydrogen) atoms. The van der Waals surface area contributed by atoms with Crippen molar-refractivity contribution in [1.29, 1.82) is 0 Å². The Kier molecular flexibility index (Phi) is 3.71. The first-order chi connectivity index (χ1) is 5.73. The van der Waals surface area contributed by atoms with Crippen LogP contribution in [0.15, 0.2) is 0 Å². The summed E-state index contributed by atoms with van der Waals surface area (Å²) in [6, 6.07) is 0. The van der Waals surface area contributed by atoms with E-state index in [1.165, 1.54) is 0 Å². The average molecular weight is 200 g/mol. The molecule has 0 saturated heterocycles. The number of ether oxygens (including phenoxy) is 1. The molecule has 1 atom stereocenters. The monoisotopic (exact) mass is 200 g/mol. The van der Waals surface area contributed by atoms with E-state index in [1.807, 2.05) is 0 Å². The van der Waals surface area contributed by atoms with Gasteiger partial charge in [0.05, 0.1) is 6.61 Å². The molecule has 0 bridgehead atoms. The Morgan fingerprint density at radius 3 is 2.23 bits per heavy atom. The van der Waals surface area contributed by atoms with E-state index in [4.69, 9.17) is 5.11 Å². The second-order valence-electron chi connectivity index (χ2n) is 2.71. The summed E-state index contributed by atoms with van der Waals surface area (Å²) in [4.78, 5) is 10.7. The largest absolute Gasteiger partial charge is 0.463 e. The van der Waals surface area contributed by atoms with E-state index in [-0.39, 0.29) is 6.61 Å². The first-order valence-corrected chi connectivity index (χ1v) is 3.69. The van der Waals surface area contributed by atoms with Crippen LogP contribution in [0.3, 0.4) is 0 Å². The van der Waals surface area contributed by atoms with Crippen molar-refractivity contribution in [3.05, 3.63) is 0 Å². The highest BCUT2D eigenvalue weighted by atomic mass is 19.4. The van der Waals surface area contributed by atoms with E-state index < -0.39 is 17.7 Å². The Balaban J connectivity index is 4.37. The second-order valence-corrected chi connectivity index (χ2v) is 2.71. The van der Waals surface area contributed by atoms with Crippen LogP contribution in [0.2, 0.25) is 0 Å². The van der Waals surface area contributed by atoms with Crippen molar-refractivity contribution in [3.63, 3.8) is 0 Å². The van der Waals surface area contributed by atoms with E-state index >= 15 is 0 Å². The number of aliphatic hydroxyl groups is 1. The Morgan fingerprint density at radius 1 is 1.46 bits per heavy atom. The standard InChI is InChI=1S/C7H11F3O3/c1-3-4-13-5(11)6(2,12)7(8,9)10/h12H,3-4H2,1-2H3/t6-/m1/s1. The van der Waals surface area contributed by atoms with Gasteiger partial charge in [-0.2, -0.15) is 13.2 Å². The maximum absolute atomic E-state index is 12.0. The Bertz CT molecular complexity index is 186. The summed E-state index contributed by atoms with van der Waals surface area (Å²) >= 11 is 0. The van der Waals surface area contributed by atoms with Crippen molar-refractivity contribution >= 4 is 5.97 Å². The maximum Gasteiger partial charge on any atom is 0.427 e. The first-order valence-electron chi connectivity index (χ1n) is 3.69. The molecule has 0 fully saturated rings. The zero-order valence-electron chi connectivity index (χ0n) is 7.31. The molecule has 6 heteroatoms. The number of hydrogen-bond donors (Lipinski definition) is 1. The summed E-state index contributed by atoms with van der Waals surface area (Å²) in [5, 5.41) is 8.75. The molecule has 78 valence electrons. The van der Waals surface area contributed by atoms with Gasteiger partial charge in [0.1, 0.15) is 0 Å². The molecule has 0 aliphatic rings. The summed E-state index contributed by atoms with van der Waals surface area (Å²) in [7, 11) is 0. The van der Waals surface area contributed by atoms with Gasteiger partial charge in [0.2, 0.25) is 0 Å². The lowest BCUT2D eigenvalue weighted by Gasteiger charge is -2.23. The Morgan fingerprint density at radius 2 is 1.92 bits per heavy atom. The highest BCUT2D eigenvalue weighted by Gasteiger charge is 2.57. The van der Waals surface area contributed by atoms with Crippen LogP contribution in [-0.4, -0.2) is 29.5 Å². The van der Waals surface area contributed by atoms with Crippen LogP contribution < -0.4 is 0 Å². The summed E-state index contributed by atoms with van der Waals surface area (Å²) in [5.74, 6) is -1.66. The number of carbonyl (C=O) groups excluding carboxylic acids is 1. The highest BCUT2D eigenvalue weighted by molar-refractivity contribution is 5.79. The van der Waals surface area contributed by atoms with Gasteiger partial charge in [-0.05, 0) is 13.3 Å². The SMILES string of the molecule is CCCOC(=O)[C@@](C)(O)C(F)(F)F. The molecular formula is C7H11F3O3. The maximum atomic E-state index is 12.0. The van der Waals surface area contributed by atoms with Crippen molar-refractivity contribution in [1.82, 2.24) is 0 Å². The molecule has 0 unspecified atom stereocenters. The number of hydrogen-bond acceptors (Lipinski definition) is 3. The number of carbonyl (C=O) groups is 1. The molecule has 3 nitrogen and oxygen atoms in total. The molecule has 0 aliphatic carbocycles. The van der Waals surface area contributed by atoms with Gasteiger partial charge in [-0.1, -0.05) is 6.92 Å². The molecule has 0 radical (unpaired) electrons. The zero-order chi connectivity index (χ0) is 10.7. The van der Waals surface area contributed by atoms with E-state index in [9.17, 15) is 18.0 Å². The molecule has 0 rings (SSSR count). The molecule has 0 aromatic rings. The lowest BCUT2D eigenvalue weighted by molar-refractivity contribution is -0.256. The van der Waals surface area contributed by atoms with Crippen LogP contribution in [0.1, 0.15) is 20.3 Å². The number of halogens is 3. The van der Waals surface area contributed by atoms with E-state index in [1.54, 1.807) is 6.92 Å². The summed E-state index contributed by atoms with van der Waals surface area (Å²) in [5.41, 5.74) is -3.41. The minimum absolute atomic E-state index is 0.134. The van der Waals surface area contributed by atoms with Gasteiger partial charge < -0.3 is 9.84 Å². The summed E-state index contributed by atoms with van der Waals surface area (Å²) < 4.78 is 40.1. The van der Waals surface area contributed by atoms with Gasteiger partial charge in [-0.25, -0.2) is 4.79 Å². The fourth-order valence-electron chi connectivity index (χ4n) is 0.451. The molecule has 0 aromatic carbocycles. The van der Waals surface area contributed by atoms with Gasteiger partial charge in [-0.15, -0.1) is 0 Å². The second kappa shape index (κ2) is 3.95. The van der Waals surface area contributed by atoms with E-state index in [0.717, 1.165) is 0 Å². The van der Waals surface area contributed by atoms with Gasteiger partial charge in [0.25, 0.3) is 5.60 Å². The van der Waals surface area contributed by atoms with Gasteiger partial charge in [-0.3, -0.25) is 0 Å². The van der Waals surface area contributed by atoms with Crippen molar-refractivity contribution in [2.24, 2.45) is 0 Å². The topological polar surface area (TPSA) is 46.5 Å². The third kappa shape index (κ3) is 2.87. The smallest absolute Gasteiger partial charge is 0.427 e. The number of alkyl halides is 3. The predicted molar refractivity (Wildman–Crippen MR) is 37.9 cm³/mol. The van der Waals surface area contributed by atoms with Crippen molar-refractivity contribution in [2.75, 3.05) is 6.61 Å². The van der Waals surface area contributed by atoms with Gasteiger partial charge in [0, 0.05) is 0 Å². The average Bonchev–Trinajstić information content (AvgIpc) is 1.97. The molecule has 0 aromatic heterocycles. The fraction of sp³-hybridized carbons (Fsp3) is 0.857. The third-order valence-corrected chi connectivity index (χ3v) is 1.39. The fourth-order valence-corrected chi connectivity index (χ4v) is 0.451. The van der Waals surface area contributed by atoms with Crippen LogP contribution in [-0.2, 0) is 9.53 Å². The highest BCUT2D eigenvalue weighted by Crippen LogP contribution is 2.30. The Hall–Kier alpha value is -0.780. The third-order valence-electron chi connectivity index (χ3n) is 1.39. The quantitative estimate of drug-likeness (QED) is 0.697. The summed E-state index contributed by atoms with van der Waals surface area (Å²) in [6.45, 7) is 1.87. The van der Waals surface area contributed by atoms with Crippen LogP contribution in [0.25, 0.3) is 0 Å². The first kappa shape index (κ1) is 12.2. The normalized spacial score (nSPS) is 16.5. The lowest BCUT2D eigenvalue weighted by atomic mass is 10.1. The predicted octanol–water partition coefficient (Wildman–Crippen LogP) is 1.25. The molecule has 0 amide bonds. The van der Waals surface area contributed by atoms with Crippen LogP contribution in [0.5, 0.6) is 0 Å². The Labute approximate surface area is 73.5 Å². The van der Waals surface area contributed by atoms with Gasteiger partial charge in [0.15, 0.2) is 0 Å². The molecule has 0 saturated carbocycles. The zero-order valence-corrected chi connectivity index (χ0v) is 7.31. The van der Waals surface area contributed by atoms with Crippen LogP contribution in [0.4, 0.5) is 13.2 Å². The molecular weight excluding hydrogens is 189 g/mol. The van der Waals surface area contributed by atoms with Gasteiger partial charge >= 0.3 is 12.1 Å². The van der Waals surface area contributed by atoms with E-state index in [0.29, 0.717) is 13.3 Å². The number of rotatable bonds is 3. The van der Waals surface area contributed by atoms with Crippen molar-refractivity contribution in [2.45, 2.75) is 32.0 Å². The van der Waals surface area contributed by atoms with Crippen molar-refractivity contribution < 1.29 is 27.8 Å². The number of esters is 1. The summed E-state index contributed by atoms with van der Waals surface area (Å²) in [6.07, 6.45) is -4.60. The molecule has 0 aliphatic heterocycles. The van der Waals surface area contributed by atoms with Crippen LogP contribution in [0, 0.1) is 0 Å². The minimum atomic E-state index is -5.00. The molecule has 0 spiro atoms. The van der Waals surface area contributed by atoms with Crippen molar-refractivity contribution in [3.8, 4) is 0 Å². The minimum Gasteiger partial charge on any atom is -0.463 e. The molecule has 0 heterocycles. The van der Waals surface area contributed by atoms with E-state index in [2.05, 4.69) is 4.74 Å². The van der Waals surface area contributed by atoms with Crippen LogP contribution >= 0.6 is 0 Å².